The minimum atomic E-state index is 0.237. The largest absolute Gasteiger partial charge is 0.294 e. The maximum Gasteiger partial charge on any atom is 0.164 e. The van der Waals surface area contributed by atoms with Gasteiger partial charge in [-0.25, -0.2) is 0 Å². The summed E-state index contributed by atoms with van der Waals surface area (Å²) in [5.74, 6) is 0.237. The number of Topliss-reactive ketones (excluding diaryl/α,β-unsaturated/α-hetero) is 1. The highest BCUT2D eigenvalue weighted by Crippen LogP contribution is 2.12. The average Bonchev–Trinajstić information content (AvgIpc) is 2.24. The van der Waals surface area contributed by atoms with E-state index in [-0.39, 0.29) is 5.78 Å². The molecule has 0 atom stereocenters. The van der Waals surface area contributed by atoms with Crippen molar-refractivity contribution in [1.82, 2.24) is 4.98 Å². The molecule has 0 bridgehead atoms. The number of unbranched alkanes of at least 4 members (excludes halogenated alkanes) is 3. The summed E-state index contributed by atoms with van der Waals surface area (Å²) in [5, 5.41) is 0. The highest BCUT2D eigenvalue weighted by Gasteiger charge is 2.09. The minimum Gasteiger partial charge on any atom is -0.294 e. The van der Waals surface area contributed by atoms with Gasteiger partial charge in [-0.2, -0.15) is 0 Å². The average molecular weight is 219 g/mol. The van der Waals surface area contributed by atoms with Crippen molar-refractivity contribution in [2.45, 2.75) is 52.9 Å². The van der Waals surface area contributed by atoms with Crippen LogP contribution >= 0.6 is 0 Å². The SMILES string of the molecule is CCCCCCC(=O)c1ccc(C)nc1C. The van der Waals surface area contributed by atoms with Crippen LogP contribution in [0.2, 0.25) is 0 Å². The Morgan fingerprint density at radius 2 is 1.94 bits per heavy atom. The predicted octanol–water partition coefficient (Wildman–Crippen LogP) is 3.85. The monoisotopic (exact) mass is 219 g/mol. The fourth-order valence-corrected chi connectivity index (χ4v) is 1.83. The number of pyridine rings is 1. The second-order valence-corrected chi connectivity index (χ2v) is 4.32. The molecule has 0 saturated heterocycles. The first-order valence-electron chi connectivity index (χ1n) is 6.12. The van der Waals surface area contributed by atoms with Gasteiger partial charge in [0.1, 0.15) is 0 Å². The van der Waals surface area contributed by atoms with E-state index in [1.165, 1.54) is 12.8 Å². The quantitative estimate of drug-likeness (QED) is 0.537. The van der Waals surface area contributed by atoms with E-state index in [9.17, 15) is 4.79 Å². The van der Waals surface area contributed by atoms with Gasteiger partial charge in [-0.3, -0.25) is 9.78 Å². The number of hydrogen-bond donors (Lipinski definition) is 0. The Balaban J connectivity index is 2.53. The Hall–Kier alpha value is -1.18. The third kappa shape index (κ3) is 3.76. The Morgan fingerprint density at radius 3 is 2.56 bits per heavy atom. The van der Waals surface area contributed by atoms with Crippen LogP contribution in [-0.4, -0.2) is 10.8 Å². The standard InChI is InChI=1S/C14H21NO/c1-4-5-6-7-8-14(16)13-10-9-11(2)15-12(13)3/h9-10H,4-8H2,1-3H3. The molecule has 16 heavy (non-hydrogen) atoms. The predicted molar refractivity (Wildman–Crippen MR) is 66.8 cm³/mol. The molecule has 0 unspecified atom stereocenters. The number of nitrogens with zero attached hydrogens (tertiary/aromatic N) is 1. The first kappa shape index (κ1) is 12.9. The fraction of sp³-hybridized carbons (Fsp3) is 0.571. The second-order valence-electron chi connectivity index (χ2n) is 4.32. The zero-order chi connectivity index (χ0) is 12.0. The molecule has 1 aromatic rings. The molecule has 0 aliphatic heterocycles. The highest BCUT2D eigenvalue weighted by molar-refractivity contribution is 5.96. The van der Waals surface area contributed by atoms with E-state index >= 15 is 0 Å². The van der Waals surface area contributed by atoms with Gasteiger partial charge < -0.3 is 0 Å². The van der Waals surface area contributed by atoms with Crippen molar-refractivity contribution < 1.29 is 4.79 Å². The van der Waals surface area contributed by atoms with Crippen LogP contribution in [0.5, 0.6) is 0 Å². The second kappa shape index (κ2) is 6.41. The van der Waals surface area contributed by atoms with Gasteiger partial charge in [-0.15, -0.1) is 0 Å². The van der Waals surface area contributed by atoms with Crippen LogP contribution in [0, 0.1) is 13.8 Å². The topological polar surface area (TPSA) is 30.0 Å². The smallest absolute Gasteiger partial charge is 0.164 e. The van der Waals surface area contributed by atoms with Crippen molar-refractivity contribution in [2.75, 3.05) is 0 Å². The van der Waals surface area contributed by atoms with Gasteiger partial charge in [-0.1, -0.05) is 26.2 Å². The Kier molecular flexibility index (Phi) is 5.17. The van der Waals surface area contributed by atoms with Gasteiger partial charge in [0.2, 0.25) is 0 Å². The van der Waals surface area contributed by atoms with E-state index in [1.807, 2.05) is 26.0 Å². The van der Waals surface area contributed by atoms with Crippen molar-refractivity contribution in [2.24, 2.45) is 0 Å². The zero-order valence-electron chi connectivity index (χ0n) is 10.5. The summed E-state index contributed by atoms with van der Waals surface area (Å²) in [5.41, 5.74) is 2.63. The summed E-state index contributed by atoms with van der Waals surface area (Å²) >= 11 is 0. The van der Waals surface area contributed by atoms with Crippen molar-refractivity contribution in [3.05, 3.63) is 29.1 Å². The Labute approximate surface area is 98.1 Å². The number of carbonyl (C=O) groups excluding carboxylic acids is 1. The summed E-state index contributed by atoms with van der Waals surface area (Å²) in [7, 11) is 0. The first-order valence-corrected chi connectivity index (χ1v) is 6.12. The maximum atomic E-state index is 11.9. The summed E-state index contributed by atoms with van der Waals surface area (Å²) < 4.78 is 0. The van der Waals surface area contributed by atoms with E-state index in [2.05, 4.69) is 11.9 Å². The number of carbonyl (C=O) groups is 1. The lowest BCUT2D eigenvalue weighted by Gasteiger charge is -2.05. The molecule has 2 nitrogen and oxygen atoms in total. The molecule has 1 aromatic heterocycles. The minimum absolute atomic E-state index is 0.237. The molecule has 0 radical (unpaired) electrons. The fourth-order valence-electron chi connectivity index (χ4n) is 1.83. The van der Waals surface area contributed by atoms with Crippen LogP contribution in [-0.2, 0) is 0 Å². The highest BCUT2D eigenvalue weighted by atomic mass is 16.1. The summed E-state index contributed by atoms with van der Waals surface area (Å²) in [6, 6.07) is 3.81. The van der Waals surface area contributed by atoms with Crippen LogP contribution in [0.1, 0.15) is 60.8 Å². The molecule has 0 amide bonds. The normalized spacial score (nSPS) is 10.4. The molecule has 1 rings (SSSR count). The van der Waals surface area contributed by atoms with E-state index in [1.54, 1.807) is 0 Å². The lowest BCUT2D eigenvalue weighted by atomic mass is 10.0. The van der Waals surface area contributed by atoms with E-state index in [4.69, 9.17) is 0 Å². The molecule has 88 valence electrons. The molecule has 0 saturated carbocycles. The van der Waals surface area contributed by atoms with Crippen molar-refractivity contribution in [1.29, 1.82) is 0 Å². The van der Waals surface area contributed by atoms with Crippen molar-refractivity contribution in [3.63, 3.8) is 0 Å². The third-order valence-corrected chi connectivity index (χ3v) is 2.78. The van der Waals surface area contributed by atoms with Crippen LogP contribution in [0.3, 0.4) is 0 Å². The summed E-state index contributed by atoms with van der Waals surface area (Å²) in [4.78, 5) is 16.2. The van der Waals surface area contributed by atoms with Crippen molar-refractivity contribution in [3.8, 4) is 0 Å². The molecule has 0 N–H and O–H groups in total. The zero-order valence-corrected chi connectivity index (χ0v) is 10.5. The molecule has 0 aliphatic carbocycles. The lowest BCUT2D eigenvalue weighted by molar-refractivity contribution is 0.0978. The summed E-state index contributed by atoms with van der Waals surface area (Å²) in [6.45, 7) is 6.03. The molecule has 0 fully saturated rings. The van der Waals surface area contributed by atoms with Crippen LogP contribution in [0.25, 0.3) is 0 Å². The molecular weight excluding hydrogens is 198 g/mol. The maximum absolute atomic E-state index is 11.9. The number of aryl methyl sites for hydroxylation is 2. The Morgan fingerprint density at radius 1 is 1.19 bits per heavy atom. The van der Waals surface area contributed by atoms with Gasteiger partial charge in [0, 0.05) is 23.4 Å². The van der Waals surface area contributed by atoms with Crippen molar-refractivity contribution >= 4 is 5.78 Å². The molecule has 0 aromatic carbocycles. The lowest BCUT2D eigenvalue weighted by Crippen LogP contribution is -2.04. The van der Waals surface area contributed by atoms with Crippen LogP contribution in [0.4, 0.5) is 0 Å². The molecule has 0 aliphatic rings. The molecule has 0 spiro atoms. The van der Waals surface area contributed by atoms with E-state index < -0.39 is 0 Å². The number of aromatic nitrogens is 1. The van der Waals surface area contributed by atoms with Crippen LogP contribution in [0.15, 0.2) is 12.1 Å². The number of ketones is 1. The van der Waals surface area contributed by atoms with Gasteiger partial charge in [0.25, 0.3) is 0 Å². The van der Waals surface area contributed by atoms with E-state index in [0.717, 1.165) is 29.8 Å². The third-order valence-electron chi connectivity index (χ3n) is 2.78. The van der Waals surface area contributed by atoms with E-state index in [0.29, 0.717) is 6.42 Å². The molecular formula is C14H21NO. The van der Waals surface area contributed by atoms with Gasteiger partial charge in [-0.05, 0) is 32.4 Å². The first-order chi connectivity index (χ1) is 7.65. The molecule has 2 heteroatoms. The Bertz CT molecular complexity index is 358. The van der Waals surface area contributed by atoms with Gasteiger partial charge in [0.15, 0.2) is 5.78 Å². The number of hydrogen-bond acceptors (Lipinski definition) is 2. The van der Waals surface area contributed by atoms with Crippen LogP contribution < -0.4 is 0 Å². The summed E-state index contributed by atoms with van der Waals surface area (Å²) in [6.07, 6.45) is 5.24. The van der Waals surface area contributed by atoms with Gasteiger partial charge in [0.05, 0.1) is 0 Å². The van der Waals surface area contributed by atoms with Gasteiger partial charge >= 0.3 is 0 Å². The number of rotatable bonds is 6. The molecule has 1 heterocycles.